The summed E-state index contributed by atoms with van der Waals surface area (Å²) in [6.45, 7) is 0. The van der Waals surface area contributed by atoms with Gasteiger partial charge in [-0.2, -0.15) is 0 Å². The second-order valence-electron chi connectivity index (χ2n) is 4.63. The maximum Gasteiger partial charge on any atom is 0.123 e. The topological polar surface area (TPSA) is 32.3 Å². The van der Waals surface area contributed by atoms with Crippen molar-refractivity contribution in [3.05, 3.63) is 59.4 Å². The first-order valence-electron chi connectivity index (χ1n) is 6.06. The second-order valence-corrected chi connectivity index (χ2v) is 4.63. The minimum absolute atomic E-state index is 0.174. The number of halogens is 1. The van der Waals surface area contributed by atoms with Crippen LogP contribution in [0.4, 0.5) is 10.1 Å². The van der Waals surface area contributed by atoms with Gasteiger partial charge in [0.2, 0.25) is 0 Å². The van der Waals surface area contributed by atoms with Crippen LogP contribution in [0.15, 0.2) is 42.5 Å². The Morgan fingerprint density at radius 1 is 1.17 bits per heavy atom. The Balaban J connectivity index is 1.85. The Labute approximate surface area is 105 Å². The first-order chi connectivity index (χ1) is 8.72. The molecule has 0 saturated heterocycles. The molecule has 1 aliphatic carbocycles. The van der Waals surface area contributed by atoms with E-state index >= 15 is 0 Å². The highest BCUT2D eigenvalue weighted by Crippen LogP contribution is 2.34. The number of fused-ring (bicyclic) bond motifs is 1. The lowest BCUT2D eigenvalue weighted by Gasteiger charge is -2.15. The molecule has 0 spiro atoms. The molecule has 0 radical (unpaired) electrons. The van der Waals surface area contributed by atoms with Crippen LogP contribution >= 0.6 is 0 Å². The predicted octanol–water partition coefficient (Wildman–Crippen LogP) is 3.63. The Bertz CT molecular complexity index is 582. The molecule has 2 aromatic carbocycles. The smallest absolute Gasteiger partial charge is 0.123 e. The summed E-state index contributed by atoms with van der Waals surface area (Å²) in [5.74, 6) is 0.0732. The van der Waals surface area contributed by atoms with E-state index in [9.17, 15) is 9.50 Å². The molecule has 92 valence electrons. The summed E-state index contributed by atoms with van der Waals surface area (Å²) in [6.07, 6.45) is 1.85. The lowest BCUT2D eigenvalue weighted by Crippen LogP contribution is -2.06. The number of anilines is 1. The van der Waals surface area contributed by atoms with Crippen molar-refractivity contribution < 1.29 is 9.50 Å². The number of phenols is 1. The van der Waals surface area contributed by atoms with Gasteiger partial charge < -0.3 is 10.4 Å². The SMILES string of the molecule is Oc1cccc(NC2CCc3cc(F)ccc32)c1. The highest BCUT2D eigenvalue weighted by molar-refractivity contribution is 5.51. The van der Waals surface area contributed by atoms with Crippen molar-refractivity contribution in [2.45, 2.75) is 18.9 Å². The molecule has 2 N–H and O–H groups in total. The van der Waals surface area contributed by atoms with Crippen LogP contribution in [-0.4, -0.2) is 5.11 Å². The first kappa shape index (κ1) is 11.1. The molecular formula is C15H14FNO. The minimum Gasteiger partial charge on any atom is -0.508 e. The Morgan fingerprint density at radius 2 is 2.06 bits per heavy atom. The van der Waals surface area contributed by atoms with E-state index in [0.717, 1.165) is 29.7 Å². The van der Waals surface area contributed by atoms with Crippen molar-refractivity contribution in [2.75, 3.05) is 5.32 Å². The monoisotopic (exact) mass is 243 g/mol. The van der Waals surface area contributed by atoms with Crippen LogP contribution < -0.4 is 5.32 Å². The van der Waals surface area contributed by atoms with Crippen LogP contribution in [0.5, 0.6) is 5.75 Å². The Kier molecular flexibility index (Phi) is 2.67. The van der Waals surface area contributed by atoms with Gasteiger partial charge in [0.1, 0.15) is 11.6 Å². The summed E-state index contributed by atoms with van der Waals surface area (Å²) in [7, 11) is 0. The third-order valence-electron chi connectivity index (χ3n) is 3.37. The number of phenolic OH excluding ortho intramolecular Hbond substituents is 1. The van der Waals surface area contributed by atoms with Gasteiger partial charge in [-0.25, -0.2) is 4.39 Å². The van der Waals surface area contributed by atoms with Gasteiger partial charge in [0, 0.05) is 11.8 Å². The fourth-order valence-electron chi connectivity index (χ4n) is 2.53. The molecule has 1 unspecified atom stereocenters. The number of benzene rings is 2. The molecule has 2 aromatic rings. The minimum atomic E-state index is -0.174. The molecule has 0 saturated carbocycles. The average Bonchev–Trinajstić information content (AvgIpc) is 2.72. The van der Waals surface area contributed by atoms with Crippen LogP contribution in [0.1, 0.15) is 23.6 Å². The second kappa shape index (κ2) is 4.33. The van der Waals surface area contributed by atoms with Crippen LogP contribution in [-0.2, 0) is 6.42 Å². The van der Waals surface area contributed by atoms with Crippen molar-refractivity contribution in [2.24, 2.45) is 0 Å². The third-order valence-corrected chi connectivity index (χ3v) is 3.37. The van der Waals surface area contributed by atoms with Crippen LogP contribution in [0.3, 0.4) is 0 Å². The van der Waals surface area contributed by atoms with E-state index in [1.54, 1.807) is 24.3 Å². The number of aromatic hydroxyl groups is 1. The van der Waals surface area contributed by atoms with Crippen LogP contribution in [0.2, 0.25) is 0 Å². The average molecular weight is 243 g/mol. The van der Waals surface area contributed by atoms with Crippen molar-refractivity contribution in [1.29, 1.82) is 0 Å². The van der Waals surface area contributed by atoms with Gasteiger partial charge in [-0.05, 0) is 48.2 Å². The molecule has 0 fully saturated rings. The standard InChI is InChI=1S/C15H14FNO/c16-11-5-6-14-10(8-11)4-7-15(14)17-12-2-1-3-13(18)9-12/h1-3,5-6,8-9,15,17-18H,4,7H2. The first-order valence-corrected chi connectivity index (χ1v) is 6.06. The molecule has 1 atom stereocenters. The summed E-state index contributed by atoms with van der Waals surface area (Å²) < 4.78 is 13.1. The predicted molar refractivity (Wildman–Crippen MR) is 69.2 cm³/mol. The number of hydrogen-bond acceptors (Lipinski definition) is 2. The maximum absolute atomic E-state index is 13.1. The normalized spacial score (nSPS) is 17.5. The van der Waals surface area contributed by atoms with Gasteiger partial charge in [0.25, 0.3) is 0 Å². The molecule has 0 aromatic heterocycles. The Morgan fingerprint density at radius 3 is 2.89 bits per heavy atom. The van der Waals surface area contributed by atoms with E-state index in [2.05, 4.69) is 5.32 Å². The summed E-state index contributed by atoms with van der Waals surface area (Å²) >= 11 is 0. The van der Waals surface area contributed by atoms with E-state index in [1.165, 1.54) is 6.07 Å². The van der Waals surface area contributed by atoms with Crippen molar-refractivity contribution >= 4 is 5.69 Å². The van der Waals surface area contributed by atoms with Gasteiger partial charge in [-0.15, -0.1) is 0 Å². The van der Waals surface area contributed by atoms with E-state index < -0.39 is 0 Å². The fraction of sp³-hybridized carbons (Fsp3) is 0.200. The molecule has 0 heterocycles. The molecule has 3 heteroatoms. The fourth-order valence-corrected chi connectivity index (χ4v) is 2.53. The molecule has 18 heavy (non-hydrogen) atoms. The van der Waals surface area contributed by atoms with Gasteiger partial charge in [-0.1, -0.05) is 12.1 Å². The van der Waals surface area contributed by atoms with Crippen molar-refractivity contribution in [3.63, 3.8) is 0 Å². The van der Waals surface area contributed by atoms with Gasteiger partial charge >= 0.3 is 0 Å². The lowest BCUT2D eigenvalue weighted by molar-refractivity contribution is 0.475. The van der Waals surface area contributed by atoms with Gasteiger partial charge in [0.05, 0.1) is 6.04 Å². The number of aryl methyl sites for hydroxylation is 1. The highest BCUT2D eigenvalue weighted by atomic mass is 19.1. The van der Waals surface area contributed by atoms with Crippen LogP contribution in [0, 0.1) is 5.82 Å². The molecule has 0 aliphatic heterocycles. The van der Waals surface area contributed by atoms with Gasteiger partial charge in [-0.3, -0.25) is 0 Å². The van der Waals surface area contributed by atoms with Crippen molar-refractivity contribution in [1.82, 2.24) is 0 Å². The zero-order valence-corrected chi connectivity index (χ0v) is 9.86. The number of hydrogen-bond donors (Lipinski definition) is 2. The molecule has 0 bridgehead atoms. The Hall–Kier alpha value is -2.03. The zero-order valence-electron chi connectivity index (χ0n) is 9.86. The number of nitrogens with one attached hydrogen (secondary N) is 1. The number of rotatable bonds is 2. The van der Waals surface area contributed by atoms with Crippen LogP contribution in [0.25, 0.3) is 0 Å². The molecule has 1 aliphatic rings. The highest BCUT2D eigenvalue weighted by Gasteiger charge is 2.22. The van der Waals surface area contributed by atoms with E-state index in [1.807, 2.05) is 12.1 Å². The van der Waals surface area contributed by atoms with E-state index in [-0.39, 0.29) is 17.6 Å². The lowest BCUT2D eigenvalue weighted by atomic mass is 10.1. The maximum atomic E-state index is 13.1. The molecule has 3 rings (SSSR count). The van der Waals surface area contributed by atoms with E-state index in [4.69, 9.17) is 0 Å². The van der Waals surface area contributed by atoms with E-state index in [0.29, 0.717) is 0 Å². The third kappa shape index (κ3) is 2.04. The van der Waals surface area contributed by atoms with Gasteiger partial charge in [0.15, 0.2) is 0 Å². The summed E-state index contributed by atoms with van der Waals surface area (Å²) in [5.41, 5.74) is 3.12. The quantitative estimate of drug-likeness (QED) is 0.844. The molecule has 2 nitrogen and oxygen atoms in total. The molecule has 0 amide bonds. The zero-order chi connectivity index (χ0) is 12.5. The summed E-state index contributed by atoms with van der Waals surface area (Å²) in [4.78, 5) is 0. The molecular weight excluding hydrogens is 229 g/mol. The summed E-state index contributed by atoms with van der Waals surface area (Å²) in [5, 5.41) is 12.8. The van der Waals surface area contributed by atoms with Crippen molar-refractivity contribution in [3.8, 4) is 5.75 Å². The largest absolute Gasteiger partial charge is 0.508 e. The summed E-state index contributed by atoms with van der Waals surface area (Å²) in [6, 6.07) is 12.2.